The highest BCUT2D eigenvalue weighted by atomic mass is 32.2. The monoisotopic (exact) mass is 463 g/mol. The van der Waals surface area contributed by atoms with E-state index >= 15 is 0 Å². The van der Waals surface area contributed by atoms with Gasteiger partial charge in [0.1, 0.15) is 10.3 Å². The van der Waals surface area contributed by atoms with Crippen LogP contribution in [0.5, 0.6) is 0 Å². The molecule has 0 bridgehead atoms. The van der Waals surface area contributed by atoms with Crippen LogP contribution in [0.1, 0.15) is 37.6 Å². The molecule has 0 radical (unpaired) electrons. The second-order valence-electron chi connectivity index (χ2n) is 7.89. The lowest BCUT2D eigenvalue weighted by atomic mass is 9.96. The number of benzene rings is 1. The Morgan fingerprint density at radius 2 is 1.90 bits per heavy atom. The molecule has 1 aromatic carbocycles. The molecule has 1 fully saturated rings. The molecule has 1 aliphatic heterocycles. The van der Waals surface area contributed by atoms with Crippen molar-refractivity contribution in [3.8, 4) is 0 Å². The molecule has 1 amide bonds. The van der Waals surface area contributed by atoms with E-state index in [4.69, 9.17) is 4.98 Å². The number of carbonyl (C=O) groups excluding carboxylic acids is 1. The molecule has 1 atom stereocenters. The Labute approximate surface area is 185 Å². The molecule has 2 aromatic heterocycles. The number of amides is 1. The van der Waals surface area contributed by atoms with Crippen molar-refractivity contribution in [1.82, 2.24) is 14.6 Å². The summed E-state index contributed by atoms with van der Waals surface area (Å²) in [5.41, 5.74) is 1.03. The molecule has 4 rings (SSSR count). The van der Waals surface area contributed by atoms with Crippen molar-refractivity contribution >= 4 is 48.8 Å². The summed E-state index contributed by atoms with van der Waals surface area (Å²) in [4.78, 5) is 19.7. The van der Waals surface area contributed by atoms with Crippen molar-refractivity contribution in [1.29, 1.82) is 0 Å². The number of hydrogen-bond donors (Lipinski definition) is 1. The highest BCUT2D eigenvalue weighted by Gasteiger charge is 2.34. The van der Waals surface area contributed by atoms with E-state index in [2.05, 4.69) is 10.8 Å². The summed E-state index contributed by atoms with van der Waals surface area (Å²) >= 11 is 2.88. The second kappa shape index (κ2) is 8.74. The number of fused-ring (bicyclic) bond motifs is 1. The van der Waals surface area contributed by atoms with Gasteiger partial charge in [-0.25, -0.2) is 13.4 Å². The first kappa shape index (κ1) is 21.4. The molecule has 30 heavy (non-hydrogen) atoms. The molecule has 1 unspecified atom stereocenters. The summed E-state index contributed by atoms with van der Waals surface area (Å²) in [5.74, 6) is 0.0499. The molecule has 0 aliphatic carbocycles. The van der Waals surface area contributed by atoms with Crippen LogP contribution in [0.3, 0.4) is 0 Å². The van der Waals surface area contributed by atoms with Crippen LogP contribution in [0.15, 0.2) is 46.0 Å². The minimum absolute atomic E-state index is 0.144. The van der Waals surface area contributed by atoms with Crippen LogP contribution in [0.25, 0.3) is 10.2 Å². The van der Waals surface area contributed by atoms with E-state index in [-0.39, 0.29) is 16.0 Å². The predicted octanol–water partition coefficient (Wildman–Crippen LogP) is 4.07. The van der Waals surface area contributed by atoms with Gasteiger partial charge in [-0.1, -0.05) is 32.0 Å². The summed E-state index contributed by atoms with van der Waals surface area (Å²) in [6.07, 6.45) is 1.68. The van der Waals surface area contributed by atoms with Gasteiger partial charge in [0.2, 0.25) is 5.91 Å². The third kappa shape index (κ3) is 4.44. The number of nitrogens with one attached hydrogen (secondary N) is 1. The molecular weight excluding hydrogens is 438 g/mol. The molecule has 3 aromatic rings. The Bertz CT molecular complexity index is 1080. The van der Waals surface area contributed by atoms with Gasteiger partial charge in [-0.05, 0) is 42.3 Å². The molecule has 1 N–H and O–H groups in total. The van der Waals surface area contributed by atoms with E-state index in [0.717, 1.165) is 34.7 Å². The van der Waals surface area contributed by atoms with Crippen LogP contribution in [0.4, 0.5) is 0 Å². The minimum Gasteiger partial charge on any atom is -0.341 e. The molecule has 0 spiro atoms. The van der Waals surface area contributed by atoms with Crippen LogP contribution >= 0.6 is 22.7 Å². The largest absolute Gasteiger partial charge is 0.341 e. The number of thiophene rings is 1. The Morgan fingerprint density at radius 3 is 2.53 bits per heavy atom. The third-order valence-corrected chi connectivity index (χ3v) is 9.48. The first-order chi connectivity index (χ1) is 14.3. The molecular formula is C21H25N3O3S3. The lowest BCUT2D eigenvalue weighted by molar-refractivity contribution is -0.135. The lowest BCUT2D eigenvalue weighted by Gasteiger charge is -2.34. The van der Waals surface area contributed by atoms with Gasteiger partial charge in [-0.3, -0.25) is 4.79 Å². The average Bonchev–Trinajstić information content (AvgIpc) is 3.41. The maximum Gasteiger partial charge on any atom is 0.250 e. The highest BCUT2D eigenvalue weighted by molar-refractivity contribution is 7.91. The highest BCUT2D eigenvalue weighted by Crippen LogP contribution is 2.34. The van der Waals surface area contributed by atoms with Gasteiger partial charge in [0.15, 0.2) is 0 Å². The number of hydrogen-bond acceptors (Lipinski definition) is 6. The Kier molecular flexibility index (Phi) is 6.24. The molecule has 1 aliphatic rings. The summed E-state index contributed by atoms with van der Waals surface area (Å²) in [7, 11) is -3.70. The van der Waals surface area contributed by atoms with Crippen molar-refractivity contribution in [3.05, 3.63) is 46.8 Å². The molecule has 0 saturated carbocycles. The van der Waals surface area contributed by atoms with E-state index < -0.39 is 16.1 Å². The van der Waals surface area contributed by atoms with E-state index in [1.54, 1.807) is 33.7 Å². The van der Waals surface area contributed by atoms with Crippen LogP contribution in [-0.4, -0.2) is 43.3 Å². The van der Waals surface area contributed by atoms with Crippen LogP contribution < -0.4 is 4.72 Å². The Hall–Kier alpha value is -1.81. The summed E-state index contributed by atoms with van der Waals surface area (Å²) in [6.45, 7) is 4.97. The SMILES string of the molecule is CC(C)C(NS(=O)(=O)c1cccs1)C(=O)N1CCC(c2nc3ccccc3s2)CC1. The maximum absolute atomic E-state index is 13.2. The van der Waals surface area contributed by atoms with E-state index in [9.17, 15) is 13.2 Å². The normalized spacial score (nSPS) is 17.0. The predicted molar refractivity (Wildman–Crippen MR) is 121 cm³/mol. The van der Waals surface area contributed by atoms with Gasteiger partial charge < -0.3 is 4.90 Å². The fraction of sp³-hybridized carbons (Fsp3) is 0.429. The number of piperidine rings is 1. The van der Waals surface area contributed by atoms with Gasteiger partial charge >= 0.3 is 0 Å². The number of thiazole rings is 1. The fourth-order valence-corrected chi connectivity index (χ4v) is 7.21. The number of sulfonamides is 1. The van der Waals surface area contributed by atoms with Gasteiger partial charge in [-0.2, -0.15) is 4.72 Å². The molecule has 1 saturated heterocycles. The zero-order chi connectivity index (χ0) is 21.3. The second-order valence-corrected chi connectivity index (χ2v) is 11.8. The first-order valence-corrected chi connectivity index (χ1v) is 13.2. The number of para-hydroxylation sites is 1. The van der Waals surface area contributed by atoms with Gasteiger partial charge in [0.05, 0.1) is 15.2 Å². The zero-order valence-electron chi connectivity index (χ0n) is 16.9. The lowest BCUT2D eigenvalue weighted by Crippen LogP contribution is -2.52. The maximum atomic E-state index is 13.2. The smallest absolute Gasteiger partial charge is 0.250 e. The Balaban J connectivity index is 1.43. The standard InChI is InChI=1S/C21H25N3O3S3/c1-14(2)19(23-30(26,27)18-8-5-13-28-18)21(25)24-11-9-15(10-12-24)20-22-16-6-3-4-7-17(16)29-20/h3-8,13-15,19,23H,9-12H2,1-2H3. The van der Waals surface area contributed by atoms with Gasteiger partial charge in [-0.15, -0.1) is 22.7 Å². The molecule has 160 valence electrons. The molecule has 9 heteroatoms. The van der Waals surface area contributed by atoms with Crippen molar-refractivity contribution in [2.45, 2.75) is 42.9 Å². The van der Waals surface area contributed by atoms with Crippen LogP contribution in [-0.2, 0) is 14.8 Å². The number of likely N-dealkylation sites (tertiary alicyclic amines) is 1. The summed E-state index contributed by atoms with van der Waals surface area (Å²) in [5, 5.41) is 2.84. The van der Waals surface area contributed by atoms with Crippen LogP contribution in [0, 0.1) is 5.92 Å². The third-order valence-electron chi connectivity index (χ3n) is 5.44. The van der Waals surface area contributed by atoms with Crippen molar-refractivity contribution < 1.29 is 13.2 Å². The average molecular weight is 464 g/mol. The summed E-state index contributed by atoms with van der Waals surface area (Å²) in [6, 6.07) is 10.6. The molecule has 3 heterocycles. The number of rotatable bonds is 6. The zero-order valence-corrected chi connectivity index (χ0v) is 19.4. The minimum atomic E-state index is -3.70. The van der Waals surface area contributed by atoms with E-state index in [1.807, 2.05) is 32.0 Å². The fourth-order valence-electron chi connectivity index (χ4n) is 3.72. The Morgan fingerprint density at radius 1 is 1.17 bits per heavy atom. The number of aromatic nitrogens is 1. The molecule has 6 nitrogen and oxygen atoms in total. The van der Waals surface area contributed by atoms with Gasteiger partial charge in [0.25, 0.3) is 10.0 Å². The van der Waals surface area contributed by atoms with Crippen molar-refractivity contribution in [3.63, 3.8) is 0 Å². The van der Waals surface area contributed by atoms with Crippen molar-refractivity contribution in [2.75, 3.05) is 13.1 Å². The van der Waals surface area contributed by atoms with Gasteiger partial charge in [0, 0.05) is 19.0 Å². The first-order valence-electron chi connectivity index (χ1n) is 10.1. The van der Waals surface area contributed by atoms with Crippen LogP contribution in [0.2, 0.25) is 0 Å². The number of nitrogens with zero attached hydrogens (tertiary/aromatic N) is 2. The van der Waals surface area contributed by atoms with E-state index in [1.165, 1.54) is 4.70 Å². The topological polar surface area (TPSA) is 79.4 Å². The van der Waals surface area contributed by atoms with Crippen molar-refractivity contribution in [2.24, 2.45) is 5.92 Å². The summed E-state index contributed by atoms with van der Waals surface area (Å²) < 4.78 is 29.3. The van der Waals surface area contributed by atoms with E-state index in [0.29, 0.717) is 19.0 Å². The quantitative estimate of drug-likeness (QED) is 0.598. The number of carbonyl (C=O) groups is 1.